The van der Waals surface area contributed by atoms with E-state index in [0.29, 0.717) is 18.4 Å². The highest BCUT2D eigenvalue weighted by molar-refractivity contribution is 5.84. The average Bonchev–Trinajstić information content (AvgIpc) is 3.39. The SMILES string of the molecule is CCCCCc1ccc(-c2cc3ccc(OCCC(F)(F)C(F)(F)C(F)(F)C(F)(F)CCOC(=O)C(C)(C)C)cc3o2)c(C(F)(F)F)c1. The van der Waals surface area contributed by atoms with Gasteiger partial charge in [-0.25, -0.2) is 0 Å². The Hall–Kier alpha value is -3.52. The van der Waals surface area contributed by atoms with E-state index in [9.17, 15) is 53.1 Å². The molecular weight excluding hydrogens is 669 g/mol. The number of aryl methyl sites for hydroxylation is 1. The van der Waals surface area contributed by atoms with Gasteiger partial charge in [-0.3, -0.25) is 4.79 Å². The second-order valence-corrected chi connectivity index (χ2v) is 12.4. The first-order chi connectivity index (χ1) is 21.9. The van der Waals surface area contributed by atoms with E-state index in [1.807, 2.05) is 6.92 Å². The first kappa shape index (κ1) is 38.9. The van der Waals surface area contributed by atoms with Crippen LogP contribution in [0, 0.1) is 5.41 Å². The molecule has 0 amide bonds. The smallest absolute Gasteiger partial charge is 0.417 e. The number of esters is 1. The number of carbonyl (C=O) groups excluding carboxylic acids is 1. The summed E-state index contributed by atoms with van der Waals surface area (Å²) in [5, 5.41) is 0.268. The number of ether oxygens (including phenoxy) is 2. The molecule has 268 valence electrons. The van der Waals surface area contributed by atoms with Crippen LogP contribution in [0.3, 0.4) is 0 Å². The molecule has 2 aromatic carbocycles. The van der Waals surface area contributed by atoms with Crippen molar-refractivity contribution < 1.29 is 67.0 Å². The molecule has 0 aliphatic rings. The zero-order valence-corrected chi connectivity index (χ0v) is 26.5. The largest absolute Gasteiger partial charge is 0.493 e. The van der Waals surface area contributed by atoms with Crippen molar-refractivity contribution in [1.82, 2.24) is 0 Å². The number of unbranched alkanes of at least 4 members (excludes halogenated alkanes) is 2. The van der Waals surface area contributed by atoms with E-state index in [-0.39, 0.29) is 28.0 Å². The highest BCUT2D eigenvalue weighted by Crippen LogP contribution is 2.54. The van der Waals surface area contributed by atoms with Crippen LogP contribution in [0.15, 0.2) is 46.9 Å². The molecule has 1 heterocycles. The maximum Gasteiger partial charge on any atom is 0.417 e. The van der Waals surface area contributed by atoms with Crippen molar-refractivity contribution in [3.05, 3.63) is 53.6 Å². The lowest BCUT2D eigenvalue weighted by Crippen LogP contribution is -2.62. The fraction of sp³-hybridized carbons (Fsp3) is 0.545. The summed E-state index contributed by atoms with van der Waals surface area (Å²) < 4.78 is 171. The number of benzene rings is 2. The molecule has 0 N–H and O–H groups in total. The van der Waals surface area contributed by atoms with Crippen LogP contribution in [0.1, 0.15) is 70.9 Å². The molecule has 0 saturated heterocycles. The molecule has 4 nitrogen and oxygen atoms in total. The van der Waals surface area contributed by atoms with Gasteiger partial charge >= 0.3 is 35.8 Å². The number of hydrogen-bond acceptors (Lipinski definition) is 4. The maximum absolute atomic E-state index is 14.4. The summed E-state index contributed by atoms with van der Waals surface area (Å²) in [5.41, 5.74) is -2.03. The number of halogens is 11. The summed E-state index contributed by atoms with van der Waals surface area (Å²) in [7, 11) is 0. The molecule has 0 saturated carbocycles. The Kier molecular flexibility index (Phi) is 11.5. The minimum Gasteiger partial charge on any atom is -0.493 e. The van der Waals surface area contributed by atoms with Gasteiger partial charge in [-0.1, -0.05) is 31.9 Å². The van der Waals surface area contributed by atoms with Gasteiger partial charge in [0.05, 0.1) is 37.0 Å². The van der Waals surface area contributed by atoms with Crippen LogP contribution >= 0.6 is 0 Å². The van der Waals surface area contributed by atoms with E-state index < -0.39 is 72.9 Å². The van der Waals surface area contributed by atoms with Gasteiger partial charge in [-0.05, 0) is 63.4 Å². The van der Waals surface area contributed by atoms with Gasteiger partial charge in [0.25, 0.3) is 0 Å². The molecule has 1 aromatic heterocycles. The minimum absolute atomic E-state index is 0.0712. The van der Waals surface area contributed by atoms with Gasteiger partial charge in [0, 0.05) is 17.0 Å². The highest BCUT2D eigenvalue weighted by atomic mass is 19.4. The Morgan fingerprint density at radius 3 is 1.92 bits per heavy atom. The number of carbonyl (C=O) groups is 1. The Bertz CT molecular complexity index is 1550. The quantitative estimate of drug-likeness (QED) is 0.0898. The van der Waals surface area contributed by atoms with E-state index in [0.717, 1.165) is 31.0 Å². The van der Waals surface area contributed by atoms with Gasteiger partial charge < -0.3 is 13.9 Å². The Morgan fingerprint density at radius 2 is 1.35 bits per heavy atom. The predicted octanol–water partition coefficient (Wildman–Crippen LogP) is 11.1. The Morgan fingerprint density at radius 1 is 0.750 bits per heavy atom. The average molecular weight is 705 g/mol. The third kappa shape index (κ3) is 8.55. The van der Waals surface area contributed by atoms with E-state index >= 15 is 0 Å². The monoisotopic (exact) mass is 704 g/mol. The molecule has 0 aliphatic heterocycles. The molecule has 0 radical (unpaired) electrons. The number of hydrogen-bond donors (Lipinski definition) is 0. The second kappa shape index (κ2) is 14.1. The van der Waals surface area contributed by atoms with Gasteiger partial charge in [-0.2, -0.15) is 48.3 Å². The van der Waals surface area contributed by atoms with Crippen LogP contribution < -0.4 is 4.74 Å². The van der Waals surface area contributed by atoms with Crippen LogP contribution in [0.2, 0.25) is 0 Å². The zero-order chi connectivity index (χ0) is 36.3. The van der Waals surface area contributed by atoms with Crippen LogP contribution in [0.4, 0.5) is 48.3 Å². The summed E-state index contributed by atoms with van der Waals surface area (Å²) >= 11 is 0. The number of furan rings is 1. The normalized spacial score (nSPS) is 13.6. The third-order valence-corrected chi connectivity index (χ3v) is 7.47. The van der Waals surface area contributed by atoms with Crippen molar-refractivity contribution >= 4 is 16.9 Å². The summed E-state index contributed by atoms with van der Waals surface area (Å²) in [5.74, 6) is -26.1. The summed E-state index contributed by atoms with van der Waals surface area (Å²) in [4.78, 5) is 11.6. The summed E-state index contributed by atoms with van der Waals surface area (Å²) in [6, 6.07) is 8.60. The second-order valence-electron chi connectivity index (χ2n) is 12.4. The minimum atomic E-state index is -6.55. The topological polar surface area (TPSA) is 48.7 Å². The van der Waals surface area contributed by atoms with Crippen molar-refractivity contribution in [1.29, 1.82) is 0 Å². The van der Waals surface area contributed by atoms with E-state index in [2.05, 4.69) is 4.74 Å². The molecule has 0 atom stereocenters. The van der Waals surface area contributed by atoms with Crippen molar-refractivity contribution in [2.45, 2.75) is 96.1 Å². The molecule has 3 rings (SSSR count). The van der Waals surface area contributed by atoms with Crippen molar-refractivity contribution in [3.8, 4) is 17.1 Å². The van der Waals surface area contributed by atoms with Gasteiger partial charge in [0.15, 0.2) is 0 Å². The lowest BCUT2D eigenvalue weighted by Gasteiger charge is -2.36. The zero-order valence-electron chi connectivity index (χ0n) is 26.5. The maximum atomic E-state index is 14.4. The number of alkyl halides is 11. The van der Waals surface area contributed by atoms with E-state index in [1.54, 1.807) is 6.07 Å². The Labute approximate surface area is 269 Å². The molecule has 3 aromatic rings. The summed E-state index contributed by atoms with van der Waals surface area (Å²) in [6.45, 7) is 3.12. The highest BCUT2D eigenvalue weighted by Gasteiger charge is 2.79. The summed E-state index contributed by atoms with van der Waals surface area (Å²) in [6.07, 6.45) is -6.12. The number of fused-ring (bicyclic) bond motifs is 1. The molecular formula is C33H35F11O4. The van der Waals surface area contributed by atoms with E-state index in [1.165, 1.54) is 39.0 Å². The van der Waals surface area contributed by atoms with Crippen molar-refractivity contribution in [2.24, 2.45) is 5.41 Å². The Balaban J connectivity index is 1.72. The fourth-order valence-electron chi connectivity index (χ4n) is 4.57. The van der Waals surface area contributed by atoms with Crippen LogP contribution in [-0.4, -0.2) is 42.9 Å². The first-order valence-electron chi connectivity index (χ1n) is 15.0. The molecule has 48 heavy (non-hydrogen) atoms. The van der Waals surface area contributed by atoms with Crippen LogP contribution in [0.25, 0.3) is 22.3 Å². The lowest BCUT2D eigenvalue weighted by atomic mass is 9.95. The predicted molar refractivity (Wildman–Crippen MR) is 155 cm³/mol. The molecule has 0 spiro atoms. The third-order valence-electron chi connectivity index (χ3n) is 7.47. The van der Waals surface area contributed by atoms with E-state index in [4.69, 9.17) is 9.15 Å². The fourth-order valence-corrected chi connectivity index (χ4v) is 4.57. The van der Waals surface area contributed by atoms with Gasteiger partial charge in [-0.15, -0.1) is 0 Å². The molecule has 0 fully saturated rings. The van der Waals surface area contributed by atoms with Gasteiger partial charge in [0.1, 0.15) is 17.1 Å². The molecule has 15 heteroatoms. The standard InChI is InChI=1S/C33H35F11O4/c1-5-6-7-8-20-9-12-23(24(17-20)31(38,39)40)26-18-21-10-11-22(19-25(21)48-26)46-15-13-29(34,35)32(41,42)33(43,44)30(36,37)14-16-47-27(45)28(2,3)4/h9-12,17-19H,5-8,13-16H2,1-4H3. The van der Waals surface area contributed by atoms with Crippen molar-refractivity contribution in [2.75, 3.05) is 13.2 Å². The molecule has 0 aliphatic carbocycles. The molecule has 0 bridgehead atoms. The molecule has 0 unspecified atom stereocenters. The van der Waals surface area contributed by atoms with Crippen LogP contribution in [0.5, 0.6) is 5.75 Å². The van der Waals surface area contributed by atoms with Crippen LogP contribution in [-0.2, 0) is 22.1 Å². The number of rotatable bonds is 15. The lowest BCUT2D eigenvalue weighted by molar-refractivity contribution is -0.369. The first-order valence-corrected chi connectivity index (χ1v) is 15.0. The van der Waals surface area contributed by atoms with Gasteiger partial charge in [0.2, 0.25) is 0 Å². The van der Waals surface area contributed by atoms with Crippen molar-refractivity contribution in [3.63, 3.8) is 0 Å².